The molecule has 0 aromatic carbocycles. The van der Waals surface area contributed by atoms with Gasteiger partial charge in [-0.3, -0.25) is 19.2 Å². The van der Waals surface area contributed by atoms with Gasteiger partial charge in [0.2, 0.25) is 11.8 Å². The molecule has 0 saturated carbocycles. The summed E-state index contributed by atoms with van der Waals surface area (Å²) in [7, 11) is 0. The molecule has 0 bridgehead atoms. The van der Waals surface area contributed by atoms with E-state index in [1.54, 1.807) is 0 Å². The number of carbonyl (C=O) groups is 4. The van der Waals surface area contributed by atoms with Crippen LogP contribution in [0.15, 0.2) is 6.20 Å². The molecule has 0 aliphatic carbocycles. The van der Waals surface area contributed by atoms with Crippen LogP contribution < -0.4 is 10.6 Å². The number of rotatable bonds is 54. The molecule has 2 amide bonds. The molecule has 1 aromatic rings. The molecule has 16 nitrogen and oxygen atoms in total. The molecule has 1 aliphatic heterocycles. The molecule has 1 aromatic heterocycles. The van der Waals surface area contributed by atoms with Crippen molar-refractivity contribution < 1.29 is 53.8 Å². The fourth-order valence-electron chi connectivity index (χ4n) is 10.2. The van der Waals surface area contributed by atoms with Crippen LogP contribution in [-0.4, -0.2) is 120 Å². The highest BCUT2D eigenvalue weighted by molar-refractivity contribution is 7.99. The van der Waals surface area contributed by atoms with E-state index in [1.165, 1.54) is 198 Å². The summed E-state index contributed by atoms with van der Waals surface area (Å²) in [6.07, 6.45) is 40.6. The van der Waals surface area contributed by atoms with Gasteiger partial charge in [-0.05, 0) is 19.3 Å². The predicted molar refractivity (Wildman–Crippen MR) is 319 cm³/mol. The van der Waals surface area contributed by atoms with Crippen LogP contribution in [0.1, 0.15) is 297 Å². The topological polar surface area (TPSA) is 232 Å². The highest BCUT2D eigenvalue weighted by Gasteiger charge is 2.45. The van der Waals surface area contributed by atoms with Crippen LogP contribution in [0.5, 0.6) is 0 Å². The number of aliphatic hydroxyl groups excluding tert-OH is 4. The smallest absolute Gasteiger partial charge is 0.306 e. The van der Waals surface area contributed by atoms with E-state index in [0.29, 0.717) is 19.3 Å². The summed E-state index contributed by atoms with van der Waals surface area (Å²) in [5.74, 6) is -1.29. The van der Waals surface area contributed by atoms with Gasteiger partial charge in [-0.25, -0.2) is 4.68 Å². The summed E-state index contributed by atoms with van der Waals surface area (Å²) >= 11 is 1.29. The van der Waals surface area contributed by atoms with Gasteiger partial charge < -0.3 is 45.3 Å². The molecule has 0 radical (unpaired) electrons. The minimum atomic E-state index is -1.64. The van der Waals surface area contributed by atoms with Crippen molar-refractivity contribution in [2.24, 2.45) is 0 Å². The maximum Gasteiger partial charge on any atom is 0.306 e. The normalized spacial score (nSPS) is 18.1. The van der Waals surface area contributed by atoms with Gasteiger partial charge in [0.25, 0.3) is 0 Å². The molecule has 7 atom stereocenters. The Morgan fingerprint density at radius 2 is 0.962 bits per heavy atom. The lowest BCUT2D eigenvalue weighted by Crippen LogP contribution is -2.56. The van der Waals surface area contributed by atoms with Crippen molar-refractivity contribution in [3.63, 3.8) is 0 Å². The van der Waals surface area contributed by atoms with E-state index in [4.69, 9.17) is 14.2 Å². The molecule has 2 rings (SSSR count). The first-order valence-corrected chi connectivity index (χ1v) is 33.4. The van der Waals surface area contributed by atoms with Gasteiger partial charge in [0.05, 0.1) is 12.8 Å². The number of hydrogen-bond donors (Lipinski definition) is 6. The molecule has 1 saturated heterocycles. The van der Waals surface area contributed by atoms with Crippen LogP contribution in [0, 0.1) is 0 Å². The second-order valence-corrected chi connectivity index (χ2v) is 23.8. The van der Waals surface area contributed by atoms with Crippen LogP contribution in [0.25, 0.3) is 0 Å². The molecule has 4 unspecified atom stereocenters. The van der Waals surface area contributed by atoms with E-state index in [0.717, 1.165) is 62.5 Å². The monoisotopic (exact) mass is 1140 g/mol. The Morgan fingerprint density at radius 1 is 0.557 bits per heavy atom. The van der Waals surface area contributed by atoms with Crippen molar-refractivity contribution >= 4 is 41.3 Å². The summed E-state index contributed by atoms with van der Waals surface area (Å²) in [5.41, 5.74) is 0. The van der Waals surface area contributed by atoms with Crippen LogP contribution in [0.2, 0.25) is 0 Å². The van der Waals surface area contributed by atoms with Gasteiger partial charge in [-0.15, -0.1) is 5.10 Å². The van der Waals surface area contributed by atoms with Gasteiger partial charge >= 0.3 is 11.9 Å². The highest BCUT2D eigenvalue weighted by Crippen LogP contribution is 2.28. The van der Waals surface area contributed by atoms with E-state index in [9.17, 15) is 39.6 Å². The number of hydrogen-bond acceptors (Lipinski definition) is 14. The Labute approximate surface area is 483 Å². The minimum Gasteiger partial charge on any atom is -0.462 e. The maximum atomic E-state index is 14.0. The summed E-state index contributed by atoms with van der Waals surface area (Å²) in [5, 5.41) is 54.5. The van der Waals surface area contributed by atoms with Crippen LogP contribution in [0.3, 0.4) is 0 Å². The third-order valence-corrected chi connectivity index (χ3v) is 16.5. The van der Waals surface area contributed by atoms with Crippen molar-refractivity contribution in [1.29, 1.82) is 0 Å². The lowest BCUT2D eigenvalue weighted by Gasteiger charge is -2.39. The zero-order valence-electron chi connectivity index (χ0n) is 50.0. The van der Waals surface area contributed by atoms with Gasteiger partial charge in [0.15, 0.2) is 12.0 Å². The molecule has 79 heavy (non-hydrogen) atoms. The number of carbonyl (C=O) groups excluding carboxylic acids is 4. The maximum absolute atomic E-state index is 14.0. The number of aliphatic hydroxyl groups is 4. The number of nitrogens with one attached hydrogen (secondary N) is 2. The van der Waals surface area contributed by atoms with Crippen molar-refractivity contribution in [3.8, 4) is 0 Å². The highest BCUT2D eigenvalue weighted by atomic mass is 32.2. The second kappa shape index (κ2) is 49.8. The standard InChI is InChI=1S/C62H115N5O11S/c1-4-7-10-13-16-19-22-25-28-31-34-37-40-43-55(69)63-52(61(75)64-54-46-67(66-65-54)62-60(74)59(73)58(72)53(47-68)78-62)50-79-49-51(77-57(71)45-42-39-36-33-30-27-24-21-18-15-12-9-6-3)48-76-56(70)44-41-38-35-32-29-26-23-20-17-14-11-8-5-2/h46,51-53,58-60,62,68,72-74H,4-45,47-50H2,1-3H3,(H,63,69)(H,64,75)/t51-,52-,53?,58?,59?,60?,62+/m1/s1. The Hall–Kier alpha value is -2.83. The number of amides is 2. The van der Waals surface area contributed by atoms with Crippen LogP contribution >= 0.6 is 11.8 Å². The Morgan fingerprint density at radius 3 is 1.39 bits per heavy atom. The number of thioether (sulfide) groups is 1. The van der Waals surface area contributed by atoms with E-state index in [1.807, 2.05) is 0 Å². The Bertz CT molecular complexity index is 1640. The second-order valence-electron chi connectivity index (χ2n) is 22.7. The Balaban J connectivity index is 2.00. The molecular formula is C62H115N5O11S. The summed E-state index contributed by atoms with van der Waals surface area (Å²) in [4.78, 5) is 53.6. The zero-order valence-corrected chi connectivity index (χ0v) is 50.9. The molecule has 17 heteroatoms. The van der Waals surface area contributed by atoms with Gasteiger partial charge in [-0.2, -0.15) is 11.8 Å². The average molecular weight is 1140 g/mol. The van der Waals surface area contributed by atoms with Crippen LogP contribution in [-0.2, 0) is 33.4 Å². The fourth-order valence-corrected chi connectivity index (χ4v) is 11.3. The third kappa shape index (κ3) is 37.1. The largest absolute Gasteiger partial charge is 0.462 e. The number of unbranched alkanes of at least 4 members (excludes halogenated alkanes) is 36. The van der Waals surface area contributed by atoms with Crippen molar-refractivity contribution in [2.45, 2.75) is 333 Å². The number of esters is 2. The summed E-state index contributed by atoms with van der Waals surface area (Å²) in [6.45, 7) is 6.00. The first-order chi connectivity index (χ1) is 38.5. The van der Waals surface area contributed by atoms with Gasteiger partial charge in [0, 0.05) is 30.8 Å². The molecule has 1 aliphatic rings. The first kappa shape index (κ1) is 72.3. The van der Waals surface area contributed by atoms with E-state index in [-0.39, 0.29) is 54.6 Å². The van der Waals surface area contributed by atoms with Crippen molar-refractivity contribution in [1.82, 2.24) is 20.3 Å². The lowest BCUT2D eigenvalue weighted by atomic mass is 9.98. The van der Waals surface area contributed by atoms with Crippen molar-refractivity contribution in [3.05, 3.63) is 6.20 Å². The molecule has 2 heterocycles. The van der Waals surface area contributed by atoms with Crippen LogP contribution in [0.4, 0.5) is 5.82 Å². The third-order valence-electron chi connectivity index (χ3n) is 15.3. The average Bonchev–Trinajstić information content (AvgIpc) is 4.00. The number of nitrogens with zero attached hydrogens (tertiary/aromatic N) is 3. The van der Waals surface area contributed by atoms with E-state index in [2.05, 4.69) is 41.7 Å². The SMILES string of the molecule is CCCCCCCCCCCCCCCC(=O)N[C@H](CSC[C@@H](COC(=O)CCCCCCCCCCCCCCC)OC(=O)CCCCCCCCCCCCCCC)C(=O)Nc1cn([C@H]2OC(CO)C(O)C(O)C2O)nn1. The lowest BCUT2D eigenvalue weighted by molar-refractivity contribution is -0.254. The van der Waals surface area contributed by atoms with Crippen molar-refractivity contribution in [2.75, 3.05) is 30.0 Å². The quantitative estimate of drug-likeness (QED) is 0.0263. The molecule has 6 N–H and O–H groups in total. The summed E-state index contributed by atoms with van der Waals surface area (Å²) in [6, 6.07) is -1.04. The number of ether oxygens (including phenoxy) is 3. The van der Waals surface area contributed by atoms with Gasteiger partial charge in [0.1, 0.15) is 43.2 Å². The fraction of sp³-hybridized carbons (Fsp3) is 0.903. The molecular weight excluding hydrogens is 1020 g/mol. The van der Waals surface area contributed by atoms with E-state index < -0.39 is 55.3 Å². The van der Waals surface area contributed by atoms with E-state index >= 15 is 0 Å². The minimum absolute atomic E-state index is 0.0296. The zero-order chi connectivity index (χ0) is 57.4. The first-order valence-electron chi connectivity index (χ1n) is 32.3. The molecule has 0 spiro atoms. The number of anilines is 1. The number of aromatic nitrogens is 3. The summed E-state index contributed by atoms with van der Waals surface area (Å²) < 4.78 is 18.3. The predicted octanol–water partition coefficient (Wildman–Crippen LogP) is 13.3. The van der Waals surface area contributed by atoms with Gasteiger partial charge in [-0.1, -0.05) is 257 Å². The molecule has 1 fully saturated rings. The molecule has 460 valence electrons. The Kier molecular flexibility index (Phi) is 45.5.